The molecule has 0 aliphatic heterocycles. The number of carbonyl (C=O) groups excluding carboxylic acids is 1. The number of amidine groups is 1. The molecule has 108 valence electrons. The van der Waals surface area contributed by atoms with E-state index >= 15 is 0 Å². The number of hydrogen-bond donors (Lipinski definition) is 2. The third-order valence-electron chi connectivity index (χ3n) is 3.39. The molecule has 0 heterocycles. The topological polar surface area (TPSA) is 78.9 Å². The highest BCUT2D eigenvalue weighted by Crippen LogP contribution is 2.29. The summed E-state index contributed by atoms with van der Waals surface area (Å²) < 4.78 is 0. The van der Waals surface area contributed by atoms with E-state index < -0.39 is 0 Å². The molecule has 1 aliphatic carbocycles. The normalized spacial score (nSPS) is 15.2. The van der Waals surface area contributed by atoms with Crippen LogP contribution in [0.25, 0.3) is 0 Å². The Kier molecular flexibility index (Phi) is 4.49. The van der Waals surface area contributed by atoms with Gasteiger partial charge in [0.1, 0.15) is 5.84 Å². The smallest absolute Gasteiger partial charge is 0.254 e. The summed E-state index contributed by atoms with van der Waals surface area (Å²) in [5, 5.41) is 12.2. The summed E-state index contributed by atoms with van der Waals surface area (Å²) in [5.41, 5.74) is 6.97. The van der Waals surface area contributed by atoms with Gasteiger partial charge in [-0.15, -0.1) is 0 Å². The summed E-state index contributed by atoms with van der Waals surface area (Å²) in [6, 6.07) is 5.53. The molecular weight excluding hydrogens is 278 g/mol. The van der Waals surface area contributed by atoms with Crippen LogP contribution in [0.4, 0.5) is 0 Å². The van der Waals surface area contributed by atoms with E-state index in [2.05, 4.69) is 5.16 Å². The first-order chi connectivity index (χ1) is 9.52. The van der Waals surface area contributed by atoms with Crippen molar-refractivity contribution in [3.8, 4) is 0 Å². The van der Waals surface area contributed by atoms with Crippen LogP contribution in [0.15, 0.2) is 23.4 Å². The molecule has 3 N–H and O–H groups in total. The van der Waals surface area contributed by atoms with Gasteiger partial charge in [-0.05, 0) is 43.5 Å². The highest BCUT2D eigenvalue weighted by molar-refractivity contribution is 6.31. The molecule has 0 unspecified atom stereocenters. The van der Waals surface area contributed by atoms with Gasteiger partial charge in [-0.3, -0.25) is 4.79 Å². The number of benzene rings is 1. The maximum atomic E-state index is 12.5. The van der Waals surface area contributed by atoms with Gasteiger partial charge in [-0.2, -0.15) is 0 Å². The Bertz CT molecular complexity index is 541. The van der Waals surface area contributed by atoms with Crippen LogP contribution in [0.5, 0.6) is 0 Å². The fraction of sp³-hybridized carbons (Fsp3) is 0.429. The quantitative estimate of drug-likeness (QED) is 0.379. The van der Waals surface area contributed by atoms with Crippen LogP contribution < -0.4 is 5.73 Å². The monoisotopic (exact) mass is 295 g/mol. The second-order valence-corrected chi connectivity index (χ2v) is 5.44. The van der Waals surface area contributed by atoms with Crippen LogP contribution in [-0.4, -0.2) is 34.4 Å². The first-order valence-corrected chi connectivity index (χ1v) is 6.94. The van der Waals surface area contributed by atoms with Gasteiger partial charge in [-0.25, -0.2) is 0 Å². The minimum atomic E-state index is -0.0296. The summed E-state index contributed by atoms with van der Waals surface area (Å²) in [7, 11) is 0. The fourth-order valence-electron chi connectivity index (χ4n) is 2.06. The largest absolute Gasteiger partial charge is 0.409 e. The summed E-state index contributed by atoms with van der Waals surface area (Å²) >= 11 is 5.98. The summed E-state index contributed by atoms with van der Waals surface area (Å²) in [5.74, 6) is 0.105. The molecule has 5 nitrogen and oxygen atoms in total. The predicted octanol–water partition coefficient (Wildman–Crippen LogP) is 2.39. The molecule has 2 rings (SSSR count). The molecule has 1 aliphatic rings. The van der Waals surface area contributed by atoms with E-state index in [1.807, 2.05) is 6.92 Å². The number of aryl methyl sites for hydroxylation is 1. The highest BCUT2D eigenvalue weighted by Gasteiger charge is 2.32. The Labute approximate surface area is 123 Å². The van der Waals surface area contributed by atoms with Gasteiger partial charge >= 0.3 is 0 Å². The average Bonchev–Trinajstić information content (AvgIpc) is 3.26. The first kappa shape index (κ1) is 14.7. The van der Waals surface area contributed by atoms with Gasteiger partial charge in [0.2, 0.25) is 0 Å². The van der Waals surface area contributed by atoms with Crippen molar-refractivity contribution in [2.75, 3.05) is 6.54 Å². The predicted molar refractivity (Wildman–Crippen MR) is 78.3 cm³/mol. The Hall–Kier alpha value is -1.75. The van der Waals surface area contributed by atoms with Crippen LogP contribution in [0.2, 0.25) is 5.02 Å². The lowest BCUT2D eigenvalue weighted by molar-refractivity contribution is 0.0747. The van der Waals surface area contributed by atoms with Crippen LogP contribution in [0, 0.1) is 6.92 Å². The Balaban J connectivity index is 2.12. The molecule has 1 aromatic rings. The fourth-order valence-corrected chi connectivity index (χ4v) is 2.18. The number of hydrogen-bond acceptors (Lipinski definition) is 3. The molecular formula is C14H18ClN3O2. The Morgan fingerprint density at radius 2 is 2.25 bits per heavy atom. The number of carbonyl (C=O) groups is 1. The van der Waals surface area contributed by atoms with Gasteiger partial charge in [0.25, 0.3) is 5.91 Å². The van der Waals surface area contributed by atoms with E-state index in [9.17, 15) is 4.79 Å². The SMILES string of the molecule is Cc1cc(C(=O)N(CC/C(N)=N/O)C2CC2)ccc1Cl. The molecule has 6 heteroatoms. The van der Waals surface area contributed by atoms with Crippen molar-refractivity contribution < 1.29 is 10.0 Å². The van der Waals surface area contributed by atoms with Crippen molar-refractivity contribution in [2.24, 2.45) is 10.9 Å². The van der Waals surface area contributed by atoms with Gasteiger partial charge in [0, 0.05) is 29.6 Å². The Morgan fingerprint density at radius 3 is 2.80 bits per heavy atom. The molecule has 0 radical (unpaired) electrons. The molecule has 1 saturated carbocycles. The maximum absolute atomic E-state index is 12.5. The number of rotatable bonds is 5. The van der Waals surface area contributed by atoms with Gasteiger partial charge < -0.3 is 15.8 Å². The van der Waals surface area contributed by atoms with Crippen molar-refractivity contribution in [3.05, 3.63) is 34.3 Å². The zero-order valence-electron chi connectivity index (χ0n) is 11.3. The van der Waals surface area contributed by atoms with Crippen molar-refractivity contribution in [1.82, 2.24) is 4.90 Å². The molecule has 0 bridgehead atoms. The summed E-state index contributed by atoms with van der Waals surface area (Å²) in [6.45, 7) is 2.33. The molecule has 1 fully saturated rings. The third kappa shape index (κ3) is 3.42. The van der Waals surface area contributed by atoms with E-state index in [1.54, 1.807) is 23.1 Å². The van der Waals surface area contributed by atoms with Gasteiger partial charge in [0.15, 0.2) is 0 Å². The summed E-state index contributed by atoms with van der Waals surface area (Å²) in [6.07, 6.45) is 2.38. The Morgan fingerprint density at radius 1 is 1.55 bits per heavy atom. The summed E-state index contributed by atoms with van der Waals surface area (Å²) in [4.78, 5) is 14.3. The zero-order chi connectivity index (χ0) is 14.7. The van der Waals surface area contributed by atoms with Crippen molar-refractivity contribution in [3.63, 3.8) is 0 Å². The zero-order valence-corrected chi connectivity index (χ0v) is 12.1. The van der Waals surface area contributed by atoms with Gasteiger partial charge in [0.05, 0.1) is 0 Å². The van der Waals surface area contributed by atoms with Crippen LogP contribution in [-0.2, 0) is 0 Å². The lowest BCUT2D eigenvalue weighted by atomic mass is 10.1. The van der Waals surface area contributed by atoms with Gasteiger partial charge in [-0.1, -0.05) is 16.8 Å². The minimum absolute atomic E-state index is 0.0296. The standard InChI is InChI=1S/C14H18ClN3O2/c1-9-8-10(2-5-12(9)15)14(19)18(11-3-4-11)7-6-13(16)17-20/h2,5,8,11,20H,3-4,6-7H2,1H3,(H2,16,17). The lowest BCUT2D eigenvalue weighted by Gasteiger charge is -2.22. The second kappa shape index (κ2) is 6.13. The molecule has 0 aromatic heterocycles. The number of halogens is 1. The molecule has 20 heavy (non-hydrogen) atoms. The van der Waals surface area contributed by atoms with E-state index in [0.717, 1.165) is 18.4 Å². The van der Waals surface area contributed by atoms with Crippen LogP contribution in [0.1, 0.15) is 35.2 Å². The maximum Gasteiger partial charge on any atom is 0.254 e. The lowest BCUT2D eigenvalue weighted by Crippen LogP contribution is -2.36. The third-order valence-corrected chi connectivity index (χ3v) is 3.81. The highest BCUT2D eigenvalue weighted by atomic mass is 35.5. The minimum Gasteiger partial charge on any atom is -0.409 e. The van der Waals surface area contributed by atoms with E-state index in [1.165, 1.54) is 0 Å². The number of nitrogens with two attached hydrogens (primary N) is 1. The van der Waals surface area contributed by atoms with Crippen LogP contribution >= 0.6 is 11.6 Å². The molecule has 0 spiro atoms. The molecule has 1 aromatic carbocycles. The second-order valence-electron chi connectivity index (χ2n) is 5.04. The number of nitrogens with zero attached hydrogens (tertiary/aromatic N) is 2. The molecule has 1 amide bonds. The van der Waals surface area contributed by atoms with Crippen molar-refractivity contribution >= 4 is 23.3 Å². The van der Waals surface area contributed by atoms with Crippen LogP contribution in [0.3, 0.4) is 0 Å². The number of oxime groups is 1. The van der Waals surface area contributed by atoms with Crippen molar-refractivity contribution in [2.45, 2.75) is 32.2 Å². The van der Waals surface area contributed by atoms with E-state index in [-0.39, 0.29) is 17.8 Å². The van der Waals surface area contributed by atoms with Crippen molar-refractivity contribution in [1.29, 1.82) is 0 Å². The molecule has 0 atom stereocenters. The van der Waals surface area contributed by atoms with E-state index in [4.69, 9.17) is 22.5 Å². The molecule has 0 saturated heterocycles. The average molecular weight is 296 g/mol. The van der Waals surface area contributed by atoms with E-state index in [0.29, 0.717) is 23.6 Å². The first-order valence-electron chi connectivity index (χ1n) is 6.56. The number of amides is 1.